The van der Waals surface area contributed by atoms with Gasteiger partial charge in [-0.15, -0.1) is 0 Å². The molecule has 5 heteroatoms. The van der Waals surface area contributed by atoms with Gasteiger partial charge in [-0.1, -0.05) is 0 Å². The number of ether oxygens (including phenoxy) is 2. The number of rotatable bonds is 4. The van der Waals surface area contributed by atoms with E-state index in [-0.39, 0.29) is 5.91 Å². The van der Waals surface area contributed by atoms with Gasteiger partial charge >= 0.3 is 0 Å². The van der Waals surface area contributed by atoms with Gasteiger partial charge in [-0.05, 0) is 38.2 Å². The fraction of sp³-hybridized carbons (Fsp3) is 0.471. The van der Waals surface area contributed by atoms with Gasteiger partial charge in [-0.3, -0.25) is 4.79 Å². The first-order chi connectivity index (χ1) is 10.6. The van der Waals surface area contributed by atoms with Crippen molar-refractivity contribution in [2.45, 2.75) is 6.42 Å². The molecule has 1 aromatic carbocycles. The smallest absolute Gasteiger partial charge is 0.246 e. The van der Waals surface area contributed by atoms with E-state index in [1.807, 2.05) is 23.1 Å². The van der Waals surface area contributed by atoms with Crippen LogP contribution in [0.5, 0.6) is 11.5 Å². The minimum absolute atomic E-state index is 0.0492. The molecule has 0 aromatic heterocycles. The molecule has 1 aliphatic rings. The minimum atomic E-state index is 0.0492. The van der Waals surface area contributed by atoms with Crippen molar-refractivity contribution in [1.29, 1.82) is 0 Å². The molecule has 5 nitrogen and oxygen atoms in total. The zero-order valence-corrected chi connectivity index (χ0v) is 13.5. The normalized spacial score (nSPS) is 16.6. The maximum atomic E-state index is 12.3. The summed E-state index contributed by atoms with van der Waals surface area (Å²) < 4.78 is 10.5. The molecule has 0 bridgehead atoms. The minimum Gasteiger partial charge on any atom is -0.497 e. The molecular weight excluding hydrogens is 280 g/mol. The average molecular weight is 304 g/mol. The molecule has 0 N–H and O–H groups in total. The number of methoxy groups -OCH3 is 2. The Morgan fingerprint density at radius 1 is 1.14 bits per heavy atom. The van der Waals surface area contributed by atoms with Crippen molar-refractivity contribution < 1.29 is 14.3 Å². The first-order valence-corrected chi connectivity index (χ1v) is 7.51. The maximum Gasteiger partial charge on any atom is 0.246 e. The molecule has 1 fully saturated rings. The summed E-state index contributed by atoms with van der Waals surface area (Å²) in [4.78, 5) is 16.5. The van der Waals surface area contributed by atoms with Crippen molar-refractivity contribution in [3.8, 4) is 11.5 Å². The Kier molecular flexibility index (Phi) is 5.83. The second kappa shape index (κ2) is 7.84. The first-order valence-electron chi connectivity index (χ1n) is 7.51. The summed E-state index contributed by atoms with van der Waals surface area (Å²) in [5.41, 5.74) is 0.864. The molecule has 120 valence electrons. The van der Waals surface area contributed by atoms with Crippen LogP contribution in [0.15, 0.2) is 24.3 Å². The topological polar surface area (TPSA) is 42.0 Å². The average Bonchev–Trinajstić information content (AvgIpc) is 2.77. The quantitative estimate of drug-likeness (QED) is 0.797. The molecule has 0 saturated carbocycles. The summed E-state index contributed by atoms with van der Waals surface area (Å²) in [7, 11) is 5.31. The molecule has 0 spiro atoms. The molecule has 22 heavy (non-hydrogen) atoms. The van der Waals surface area contributed by atoms with E-state index >= 15 is 0 Å². The van der Waals surface area contributed by atoms with Crippen molar-refractivity contribution in [1.82, 2.24) is 9.80 Å². The fourth-order valence-corrected chi connectivity index (χ4v) is 2.49. The molecule has 2 rings (SSSR count). The van der Waals surface area contributed by atoms with Gasteiger partial charge in [0.15, 0.2) is 0 Å². The van der Waals surface area contributed by atoms with Gasteiger partial charge in [0.2, 0.25) is 5.91 Å². The van der Waals surface area contributed by atoms with Gasteiger partial charge in [0.1, 0.15) is 11.5 Å². The highest BCUT2D eigenvalue weighted by molar-refractivity contribution is 5.92. The number of amides is 1. The number of hydrogen-bond acceptors (Lipinski definition) is 4. The van der Waals surface area contributed by atoms with Crippen LogP contribution in [-0.2, 0) is 4.79 Å². The zero-order chi connectivity index (χ0) is 15.9. The molecule has 1 amide bonds. The predicted octanol–water partition coefficient (Wildman–Crippen LogP) is 1.88. The summed E-state index contributed by atoms with van der Waals surface area (Å²) in [5.74, 6) is 1.48. The zero-order valence-electron chi connectivity index (χ0n) is 13.5. The van der Waals surface area contributed by atoms with Gasteiger partial charge in [0, 0.05) is 37.3 Å². The molecule has 1 saturated heterocycles. The van der Waals surface area contributed by atoms with E-state index in [9.17, 15) is 4.79 Å². The van der Waals surface area contributed by atoms with E-state index in [2.05, 4.69) is 11.9 Å². The van der Waals surface area contributed by atoms with Crippen LogP contribution >= 0.6 is 0 Å². The number of likely N-dealkylation sites (N-methyl/N-ethyl adjacent to an activating group) is 1. The van der Waals surface area contributed by atoms with Crippen LogP contribution in [0.4, 0.5) is 0 Å². The maximum absolute atomic E-state index is 12.3. The molecule has 0 radical (unpaired) electrons. The second-order valence-electron chi connectivity index (χ2n) is 5.42. The highest BCUT2D eigenvalue weighted by Gasteiger charge is 2.15. The van der Waals surface area contributed by atoms with Crippen LogP contribution in [-0.4, -0.2) is 63.2 Å². The number of hydrogen-bond donors (Lipinski definition) is 0. The SMILES string of the molecule is COc1ccc(/C=C/C(=O)N2CCCN(C)CC2)c(OC)c1. The lowest BCUT2D eigenvalue weighted by Crippen LogP contribution is -2.33. The third-order valence-electron chi connectivity index (χ3n) is 3.88. The highest BCUT2D eigenvalue weighted by atomic mass is 16.5. The van der Waals surface area contributed by atoms with E-state index in [0.717, 1.165) is 43.9 Å². The second-order valence-corrected chi connectivity index (χ2v) is 5.42. The Morgan fingerprint density at radius 2 is 1.95 bits per heavy atom. The predicted molar refractivity (Wildman–Crippen MR) is 87.3 cm³/mol. The van der Waals surface area contributed by atoms with Crippen molar-refractivity contribution >= 4 is 12.0 Å². The lowest BCUT2D eigenvalue weighted by atomic mass is 10.1. The number of carbonyl (C=O) groups is 1. The third kappa shape index (κ3) is 4.24. The van der Waals surface area contributed by atoms with Gasteiger partial charge in [-0.2, -0.15) is 0 Å². The van der Waals surface area contributed by atoms with E-state index in [1.165, 1.54) is 0 Å². The van der Waals surface area contributed by atoms with Crippen LogP contribution in [0, 0.1) is 0 Å². The summed E-state index contributed by atoms with van der Waals surface area (Å²) >= 11 is 0. The van der Waals surface area contributed by atoms with Gasteiger partial charge in [-0.25, -0.2) is 0 Å². The van der Waals surface area contributed by atoms with Crippen molar-refractivity contribution in [2.75, 3.05) is 47.4 Å². The molecule has 0 unspecified atom stereocenters. The highest BCUT2D eigenvalue weighted by Crippen LogP contribution is 2.25. The van der Waals surface area contributed by atoms with Crippen LogP contribution in [0.25, 0.3) is 6.08 Å². The fourth-order valence-electron chi connectivity index (χ4n) is 2.49. The van der Waals surface area contributed by atoms with Gasteiger partial charge < -0.3 is 19.3 Å². The van der Waals surface area contributed by atoms with Crippen LogP contribution < -0.4 is 9.47 Å². The largest absolute Gasteiger partial charge is 0.497 e. The molecule has 0 atom stereocenters. The lowest BCUT2D eigenvalue weighted by molar-refractivity contribution is -0.125. The van der Waals surface area contributed by atoms with E-state index in [4.69, 9.17) is 9.47 Å². The molecule has 1 aromatic rings. The summed E-state index contributed by atoms with van der Waals surface area (Å²) in [6.07, 6.45) is 4.44. The van der Waals surface area contributed by atoms with Gasteiger partial charge in [0.05, 0.1) is 14.2 Å². The first kappa shape index (κ1) is 16.4. The summed E-state index contributed by atoms with van der Waals surface area (Å²) in [6.45, 7) is 3.55. The Balaban J connectivity index is 2.06. The van der Waals surface area contributed by atoms with E-state index < -0.39 is 0 Å². The Bertz CT molecular complexity index is 543. The lowest BCUT2D eigenvalue weighted by Gasteiger charge is -2.18. The monoisotopic (exact) mass is 304 g/mol. The van der Waals surface area contributed by atoms with Crippen LogP contribution in [0.3, 0.4) is 0 Å². The number of carbonyl (C=O) groups excluding carboxylic acids is 1. The Labute approximate surface area is 132 Å². The van der Waals surface area contributed by atoms with Gasteiger partial charge in [0.25, 0.3) is 0 Å². The molecular formula is C17H24N2O3. The van der Waals surface area contributed by atoms with Crippen molar-refractivity contribution in [3.63, 3.8) is 0 Å². The van der Waals surface area contributed by atoms with Crippen molar-refractivity contribution in [3.05, 3.63) is 29.8 Å². The number of nitrogens with zero attached hydrogens (tertiary/aromatic N) is 2. The van der Waals surface area contributed by atoms with Crippen LogP contribution in [0.1, 0.15) is 12.0 Å². The molecule has 0 aliphatic carbocycles. The summed E-state index contributed by atoms with van der Waals surface area (Å²) in [5, 5.41) is 0. The number of benzene rings is 1. The Hall–Kier alpha value is -2.01. The summed E-state index contributed by atoms with van der Waals surface area (Å²) in [6, 6.07) is 5.55. The van der Waals surface area contributed by atoms with Crippen molar-refractivity contribution in [2.24, 2.45) is 0 Å². The van der Waals surface area contributed by atoms with E-state index in [0.29, 0.717) is 5.75 Å². The van der Waals surface area contributed by atoms with Crippen LogP contribution in [0.2, 0.25) is 0 Å². The Morgan fingerprint density at radius 3 is 2.68 bits per heavy atom. The third-order valence-corrected chi connectivity index (χ3v) is 3.88. The standard InChI is InChI=1S/C17H24N2O3/c1-18-9-4-10-19(12-11-18)17(20)8-6-14-5-7-15(21-2)13-16(14)22-3/h5-8,13H,4,9-12H2,1-3H3/b8-6+. The molecule has 1 aliphatic heterocycles. The molecule has 1 heterocycles. The van der Waals surface area contributed by atoms with E-state index in [1.54, 1.807) is 26.4 Å².